The summed E-state index contributed by atoms with van der Waals surface area (Å²) in [5.41, 5.74) is 4.53. The zero-order valence-electron chi connectivity index (χ0n) is 16.6. The van der Waals surface area contributed by atoms with Crippen molar-refractivity contribution < 1.29 is 4.79 Å². The first-order valence-electron chi connectivity index (χ1n) is 9.56. The third kappa shape index (κ3) is 3.84. The Morgan fingerprint density at radius 1 is 1.07 bits per heavy atom. The van der Waals surface area contributed by atoms with Gasteiger partial charge in [0.1, 0.15) is 0 Å². The van der Waals surface area contributed by atoms with Gasteiger partial charge < -0.3 is 10.3 Å². The summed E-state index contributed by atoms with van der Waals surface area (Å²) in [7, 11) is 0. The minimum Gasteiger partial charge on any atom is -0.348 e. The lowest BCUT2D eigenvalue weighted by molar-refractivity contribution is 0.0952. The molecule has 0 aliphatic heterocycles. The summed E-state index contributed by atoms with van der Waals surface area (Å²) in [6.45, 7) is 3.83. The number of carbonyl (C=O) groups is 1. The van der Waals surface area contributed by atoms with Crippen molar-refractivity contribution in [2.45, 2.75) is 20.4 Å². The molecule has 0 aliphatic rings. The monoisotopic (exact) mass is 417 g/mol. The molecule has 2 aromatic heterocycles. The van der Waals surface area contributed by atoms with Crippen LogP contribution < -0.4 is 10.9 Å². The molecule has 0 aliphatic carbocycles. The number of aryl methyl sites for hydroxylation is 2. The van der Waals surface area contributed by atoms with E-state index in [9.17, 15) is 9.59 Å². The number of aromatic amines is 1. The molecule has 4 aromatic rings. The van der Waals surface area contributed by atoms with Gasteiger partial charge in [0, 0.05) is 33.8 Å². The smallest absolute Gasteiger partial charge is 0.253 e. The SMILES string of the molecule is Cc1cc(C)c(CNC(=O)c2cc(-c3ccccc3Cl)nc3ccccc23)c(=O)[nH]1. The number of amides is 1. The number of carbonyl (C=O) groups excluding carboxylic acids is 1. The molecule has 5 nitrogen and oxygen atoms in total. The maximum atomic E-state index is 13.1. The molecule has 0 unspecified atom stereocenters. The first kappa shape index (κ1) is 19.9. The number of benzene rings is 2. The molecule has 6 heteroatoms. The van der Waals surface area contributed by atoms with E-state index in [1.807, 2.05) is 62.4 Å². The average Bonchev–Trinajstić information content (AvgIpc) is 2.72. The molecule has 0 fully saturated rings. The Labute approximate surface area is 178 Å². The van der Waals surface area contributed by atoms with E-state index in [2.05, 4.69) is 15.3 Å². The van der Waals surface area contributed by atoms with Crippen LogP contribution in [-0.2, 0) is 6.54 Å². The Bertz CT molecular complexity index is 1330. The average molecular weight is 418 g/mol. The van der Waals surface area contributed by atoms with Gasteiger partial charge in [-0.1, -0.05) is 48.0 Å². The zero-order chi connectivity index (χ0) is 21.3. The predicted octanol–water partition coefficient (Wildman–Crippen LogP) is 4.79. The standard InChI is InChI=1S/C24H20ClN3O2/c1-14-11-15(2)27-24(30)19(14)13-26-23(29)18-12-22(17-8-3-5-9-20(17)25)28-21-10-6-4-7-16(18)21/h3-12H,13H2,1-2H3,(H,26,29)(H,27,30). The first-order valence-corrected chi connectivity index (χ1v) is 9.94. The van der Waals surface area contributed by atoms with E-state index in [4.69, 9.17) is 11.6 Å². The number of hydrogen-bond donors (Lipinski definition) is 2. The maximum Gasteiger partial charge on any atom is 0.253 e. The molecular formula is C24H20ClN3O2. The maximum absolute atomic E-state index is 13.1. The molecule has 2 aromatic carbocycles. The lowest BCUT2D eigenvalue weighted by Gasteiger charge is -2.12. The lowest BCUT2D eigenvalue weighted by Crippen LogP contribution is -2.28. The van der Waals surface area contributed by atoms with Gasteiger partial charge in [-0.05, 0) is 43.7 Å². The van der Waals surface area contributed by atoms with Crippen LogP contribution in [0.1, 0.15) is 27.2 Å². The molecule has 2 heterocycles. The van der Waals surface area contributed by atoms with E-state index in [1.54, 1.807) is 12.1 Å². The second-order valence-electron chi connectivity index (χ2n) is 7.18. The van der Waals surface area contributed by atoms with E-state index in [-0.39, 0.29) is 18.0 Å². The van der Waals surface area contributed by atoms with Gasteiger partial charge in [0.05, 0.1) is 16.8 Å². The van der Waals surface area contributed by atoms with Gasteiger partial charge >= 0.3 is 0 Å². The Kier molecular flexibility index (Phi) is 5.38. The summed E-state index contributed by atoms with van der Waals surface area (Å²) in [6, 6.07) is 18.5. The highest BCUT2D eigenvalue weighted by Gasteiger charge is 2.16. The van der Waals surface area contributed by atoms with Gasteiger partial charge in [-0.3, -0.25) is 9.59 Å². The summed E-state index contributed by atoms with van der Waals surface area (Å²) in [5, 5.41) is 4.18. The quantitative estimate of drug-likeness (QED) is 0.501. The van der Waals surface area contributed by atoms with Crippen molar-refractivity contribution in [1.29, 1.82) is 0 Å². The summed E-state index contributed by atoms with van der Waals surface area (Å²) in [4.78, 5) is 32.8. The van der Waals surface area contributed by atoms with Crippen LogP contribution in [0.5, 0.6) is 0 Å². The Morgan fingerprint density at radius 2 is 1.80 bits per heavy atom. The largest absolute Gasteiger partial charge is 0.348 e. The fourth-order valence-corrected chi connectivity index (χ4v) is 3.77. The van der Waals surface area contributed by atoms with Crippen molar-refractivity contribution in [3.63, 3.8) is 0 Å². The third-order valence-electron chi connectivity index (χ3n) is 5.03. The fourth-order valence-electron chi connectivity index (χ4n) is 3.54. The summed E-state index contributed by atoms with van der Waals surface area (Å²) >= 11 is 6.35. The number of nitrogens with zero attached hydrogens (tertiary/aromatic N) is 1. The third-order valence-corrected chi connectivity index (χ3v) is 5.36. The summed E-state index contributed by atoms with van der Waals surface area (Å²) in [6.07, 6.45) is 0. The van der Waals surface area contributed by atoms with Crippen LogP contribution in [0.4, 0.5) is 0 Å². The van der Waals surface area contributed by atoms with Crippen molar-refractivity contribution in [2.24, 2.45) is 0 Å². The highest BCUT2D eigenvalue weighted by molar-refractivity contribution is 6.33. The minimum atomic E-state index is -0.277. The molecule has 4 rings (SSSR count). The van der Waals surface area contributed by atoms with E-state index in [0.717, 1.165) is 22.2 Å². The van der Waals surface area contributed by atoms with E-state index >= 15 is 0 Å². The lowest BCUT2D eigenvalue weighted by atomic mass is 10.0. The Morgan fingerprint density at radius 3 is 2.57 bits per heavy atom. The van der Waals surface area contributed by atoms with Crippen LogP contribution in [0.15, 0.2) is 65.5 Å². The summed E-state index contributed by atoms with van der Waals surface area (Å²) in [5.74, 6) is -0.277. The van der Waals surface area contributed by atoms with Crippen LogP contribution >= 0.6 is 11.6 Å². The highest BCUT2D eigenvalue weighted by Crippen LogP contribution is 2.29. The molecule has 0 saturated heterocycles. The number of halogens is 1. The molecule has 0 bridgehead atoms. The molecule has 0 spiro atoms. The van der Waals surface area contributed by atoms with Crippen molar-refractivity contribution in [1.82, 2.24) is 15.3 Å². The molecule has 2 N–H and O–H groups in total. The topological polar surface area (TPSA) is 74.8 Å². The van der Waals surface area contributed by atoms with E-state index in [0.29, 0.717) is 27.4 Å². The highest BCUT2D eigenvalue weighted by atomic mass is 35.5. The second-order valence-corrected chi connectivity index (χ2v) is 7.58. The number of hydrogen-bond acceptors (Lipinski definition) is 3. The van der Waals surface area contributed by atoms with Gasteiger partial charge in [0.15, 0.2) is 0 Å². The van der Waals surface area contributed by atoms with Crippen molar-refractivity contribution in [3.05, 3.63) is 98.4 Å². The van der Waals surface area contributed by atoms with Crippen LogP contribution in [-0.4, -0.2) is 15.9 Å². The molecule has 0 atom stereocenters. The number of para-hydroxylation sites is 1. The zero-order valence-corrected chi connectivity index (χ0v) is 17.4. The molecule has 0 saturated carbocycles. The second kappa shape index (κ2) is 8.13. The number of pyridine rings is 2. The summed E-state index contributed by atoms with van der Waals surface area (Å²) < 4.78 is 0. The normalized spacial score (nSPS) is 10.9. The molecule has 0 radical (unpaired) electrons. The number of H-pyrrole nitrogens is 1. The predicted molar refractivity (Wildman–Crippen MR) is 120 cm³/mol. The number of rotatable bonds is 4. The van der Waals surface area contributed by atoms with Crippen LogP contribution in [0.3, 0.4) is 0 Å². The van der Waals surface area contributed by atoms with Gasteiger partial charge in [-0.2, -0.15) is 0 Å². The number of fused-ring (bicyclic) bond motifs is 1. The van der Waals surface area contributed by atoms with Gasteiger partial charge in [-0.15, -0.1) is 0 Å². The number of aromatic nitrogens is 2. The molecular weight excluding hydrogens is 398 g/mol. The van der Waals surface area contributed by atoms with Crippen molar-refractivity contribution in [3.8, 4) is 11.3 Å². The van der Waals surface area contributed by atoms with Gasteiger partial charge in [-0.25, -0.2) is 4.98 Å². The van der Waals surface area contributed by atoms with Gasteiger partial charge in [0.25, 0.3) is 11.5 Å². The van der Waals surface area contributed by atoms with Crippen LogP contribution in [0, 0.1) is 13.8 Å². The van der Waals surface area contributed by atoms with Crippen molar-refractivity contribution in [2.75, 3.05) is 0 Å². The van der Waals surface area contributed by atoms with E-state index < -0.39 is 0 Å². The van der Waals surface area contributed by atoms with Crippen LogP contribution in [0.2, 0.25) is 5.02 Å². The van der Waals surface area contributed by atoms with Crippen molar-refractivity contribution >= 4 is 28.4 Å². The molecule has 150 valence electrons. The Hall–Kier alpha value is -3.44. The van der Waals surface area contributed by atoms with Crippen LogP contribution in [0.25, 0.3) is 22.2 Å². The molecule has 1 amide bonds. The minimum absolute atomic E-state index is 0.137. The fraction of sp³-hybridized carbons (Fsp3) is 0.125. The first-order chi connectivity index (χ1) is 14.4. The Balaban J connectivity index is 1.74. The number of nitrogens with one attached hydrogen (secondary N) is 2. The van der Waals surface area contributed by atoms with Gasteiger partial charge in [0.2, 0.25) is 0 Å². The van der Waals surface area contributed by atoms with E-state index in [1.165, 1.54) is 0 Å². The molecule has 30 heavy (non-hydrogen) atoms.